The molecule has 120 valence electrons. The second kappa shape index (κ2) is 5.40. The summed E-state index contributed by atoms with van der Waals surface area (Å²) in [4.78, 5) is 28.9. The topological polar surface area (TPSA) is 177 Å². The molecule has 0 fully saturated rings. The Morgan fingerprint density at radius 2 is 1.96 bits per heavy atom. The van der Waals surface area contributed by atoms with Gasteiger partial charge in [-0.15, -0.1) is 0 Å². The third-order valence-electron chi connectivity index (χ3n) is 3.65. The number of hydrogen-bond acceptors (Lipinski definition) is 8. The highest BCUT2D eigenvalue weighted by molar-refractivity contribution is 5.64. The molecule has 0 saturated carbocycles. The number of allylic oxidation sites excluding steroid dienone is 1. The zero-order chi connectivity index (χ0) is 17.4. The maximum Gasteiger partial charge on any atom is 0.269 e. The van der Waals surface area contributed by atoms with E-state index < -0.39 is 16.4 Å². The first-order chi connectivity index (χ1) is 11.4. The van der Waals surface area contributed by atoms with Gasteiger partial charge in [-0.25, -0.2) is 0 Å². The standard InChI is InChI=1S/C14H11N7O3/c15-5-8-9(6-1-3-7(4-2-6)21(23)24)10-12(18-11(8)16)19-14(17)20-13(10)22/h1-4,9H,16H2,(H4,17,18,19,20,22). The average Bonchev–Trinajstić information content (AvgIpc) is 2.53. The Balaban J connectivity index is 2.23. The minimum absolute atomic E-state index is 0.0471. The van der Waals surface area contributed by atoms with Gasteiger partial charge in [0.25, 0.3) is 11.2 Å². The number of rotatable bonds is 2. The number of fused-ring (bicyclic) bond motifs is 1. The van der Waals surface area contributed by atoms with Crippen LogP contribution in [0.2, 0.25) is 0 Å². The van der Waals surface area contributed by atoms with E-state index in [4.69, 9.17) is 11.5 Å². The van der Waals surface area contributed by atoms with Gasteiger partial charge in [0.2, 0.25) is 5.95 Å². The fraction of sp³-hybridized carbons (Fsp3) is 0.0714. The van der Waals surface area contributed by atoms with E-state index in [9.17, 15) is 20.2 Å². The monoisotopic (exact) mass is 325 g/mol. The minimum Gasteiger partial charge on any atom is -0.384 e. The maximum atomic E-state index is 12.3. The van der Waals surface area contributed by atoms with E-state index in [1.807, 2.05) is 6.07 Å². The summed E-state index contributed by atoms with van der Waals surface area (Å²) in [6.07, 6.45) is 0. The lowest BCUT2D eigenvalue weighted by Gasteiger charge is -2.25. The summed E-state index contributed by atoms with van der Waals surface area (Å²) >= 11 is 0. The Kier molecular flexibility index (Phi) is 3.38. The van der Waals surface area contributed by atoms with Gasteiger partial charge in [0.1, 0.15) is 11.6 Å². The number of nitriles is 1. The van der Waals surface area contributed by atoms with Gasteiger partial charge in [-0.3, -0.25) is 19.9 Å². The number of nitrogens with two attached hydrogens (primary N) is 2. The smallest absolute Gasteiger partial charge is 0.269 e. The second-order valence-electron chi connectivity index (χ2n) is 5.06. The molecule has 3 rings (SSSR count). The lowest BCUT2D eigenvalue weighted by atomic mass is 9.84. The molecule has 24 heavy (non-hydrogen) atoms. The number of nitrogens with one attached hydrogen (secondary N) is 2. The second-order valence-corrected chi connectivity index (χ2v) is 5.06. The normalized spacial score (nSPS) is 16.0. The van der Waals surface area contributed by atoms with E-state index in [1.54, 1.807) is 0 Å². The fourth-order valence-electron chi connectivity index (χ4n) is 2.60. The number of H-pyrrole nitrogens is 1. The zero-order valence-corrected chi connectivity index (χ0v) is 12.1. The van der Waals surface area contributed by atoms with Crippen molar-refractivity contribution >= 4 is 17.5 Å². The van der Waals surface area contributed by atoms with Crippen molar-refractivity contribution in [3.63, 3.8) is 0 Å². The molecule has 1 unspecified atom stereocenters. The van der Waals surface area contributed by atoms with Gasteiger partial charge in [-0.05, 0) is 5.56 Å². The molecule has 0 bridgehead atoms. The highest BCUT2D eigenvalue weighted by Crippen LogP contribution is 2.38. The summed E-state index contributed by atoms with van der Waals surface area (Å²) in [7, 11) is 0. The predicted molar refractivity (Wildman–Crippen MR) is 84.7 cm³/mol. The van der Waals surface area contributed by atoms with Crippen molar-refractivity contribution in [2.45, 2.75) is 5.92 Å². The number of hydrogen-bond donors (Lipinski definition) is 4. The van der Waals surface area contributed by atoms with Crippen LogP contribution in [0.15, 0.2) is 40.5 Å². The number of nitrogens with zero attached hydrogens (tertiary/aromatic N) is 3. The summed E-state index contributed by atoms with van der Waals surface area (Å²) in [5.41, 5.74) is 11.5. The van der Waals surface area contributed by atoms with Gasteiger partial charge in [0.05, 0.1) is 28.0 Å². The van der Waals surface area contributed by atoms with Crippen LogP contribution in [0.5, 0.6) is 0 Å². The number of aromatic amines is 1. The third-order valence-corrected chi connectivity index (χ3v) is 3.65. The van der Waals surface area contributed by atoms with Gasteiger partial charge in [-0.1, -0.05) is 12.1 Å². The van der Waals surface area contributed by atoms with E-state index in [0.29, 0.717) is 5.56 Å². The fourth-order valence-corrected chi connectivity index (χ4v) is 2.60. The molecule has 1 atom stereocenters. The summed E-state index contributed by atoms with van der Waals surface area (Å²) in [6, 6.07) is 7.50. The number of benzene rings is 1. The molecule has 1 aromatic carbocycles. The van der Waals surface area contributed by atoms with E-state index in [-0.39, 0.29) is 34.4 Å². The molecular formula is C14H11N7O3. The SMILES string of the molecule is N#CC1=C(N)Nc2nc(N)[nH]c(=O)c2C1c1ccc([N+](=O)[O-])cc1. The van der Waals surface area contributed by atoms with E-state index >= 15 is 0 Å². The zero-order valence-electron chi connectivity index (χ0n) is 12.1. The number of nitro benzene ring substituents is 1. The highest BCUT2D eigenvalue weighted by atomic mass is 16.6. The van der Waals surface area contributed by atoms with Gasteiger partial charge < -0.3 is 16.8 Å². The molecule has 1 aliphatic rings. The predicted octanol–water partition coefficient (Wildman–Crippen LogP) is 0.512. The molecule has 0 aliphatic carbocycles. The largest absolute Gasteiger partial charge is 0.384 e. The van der Waals surface area contributed by atoms with Crippen LogP contribution in [-0.2, 0) is 0 Å². The first kappa shape index (κ1) is 15.0. The Bertz CT molecular complexity index is 969. The average molecular weight is 325 g/mol. The van der Waals surface area contributed by atoms with Crippen molar-refractivity contribution in [1.82, 2.24) is 9.97 Å². The number of non-ortho nitro benzene ring substituents is 1. The summed E-state index contributed by atoms with van der Waals surface area (Å²) in [6.45, 7) is 0. The van der Waals surface area contributed by atoms with Crippen LogP contribution in [0.1, 0.15) is 17.0 Å². The van der Waals surface area contributed by atoms with E-state index in [0.717, 1.165) is 0 Å². The Morgan fingerprint density at radius 1 is 1.29 bits per heavy atom. The van der Waals surface area contributed by atoms with Crippen molar-refractivity contribution in [2.24, 2.45) is 5.73 Å². The first-order valence-corrected chi connectivity index (χ1v) is 6.73. The molecule has 0 amide bonds. The van der Waals surface area contributed by atoms with Crippen molar-refractivity contribution in [3.05, 3.63) is 67.3 Å². The van der Waals surface area contributed by atoms with Crippen LogP contribution in [0.3, 0.4) is 0 Å². The van der Waals surface area contributed by atoms with Crippen molar-refractivity contribution < 1.29 is 4.92 Å². The van der Waals surface area contributed by atoms with Gasteiger partial charge in [0, 0.05) is 12.1 Å². The van der Waals surface area contributed by atoms with Crippen LogP contribution < -0.4 is 22.3 Å². The Hall–Kier alpha value is -3.87. The number of aromatic nitrogens is 2. The van der Waals surface area contributed by atoms with Crippen LogP contribution >= 0.6 is 0 Å². The molecule has 10 heteroatoms. The molecule has 2 heterocycles. The van der Waals surface area contributed by atoms with Crippen LogP contribution in [0.25, 0.3) is 0 Å². The number of anilines is 2. The molecular weight excluding hydrogens is 314 g/mol. The van der Waals surface area contributed by atoms with Crippen LogP contribution in [0, 0.1) is 21.4 Å². The van der Waals surface area contributed by atoms with Gasteiger partial charge in [0.15, 0.2) is 0 Å². The molecule has 0 spiro atoms. The molecule has 2 aromatic rings. The van der Waals surface area contributed by atoms with Crippen molar-refractivity contribution in [3.8, 4) is 6.07 Å². The molecule has 1 aliphatic heterocycles. The van der Waals surface area contributed by atoms with E-state index in [1.165, 1.54) is 24.3 Å². The third kappa shape index (κ3) is 2.30. The molecule has 10 nitrogen and oxygen atoms in total. The molecule has 0 saturated heterocycles. The Labute approximate surface area is 134 Å². The first-order valence-electron chi connectivity index (χ1n) is 6.73. The highest BCUT2D eigenvalue weighted by Gasteiger charge is 2.32. The van der Waals surface area contributed by atoms with Crippen molar-refractivity contribution in [2.75, 3.05) is 11.1 Å². The van der Waals surface area contributed by atoms with Crippen molar-refractivity contribution in [1.29, 1.82) is 5.26 Å². The minimum atomic E-state index is -0.802. The van der Waals surface area contributed by atoms with E-state index in [2.05, 4.69) is 15.3 Å². The van der Waals surface area contributed by atoms with Gasteiger partial charge >= 0.3 is 0 Å². The lowest BCUT2D eigenvalue weighted by Crippen LogP contribution is -2.30. The summed E-state index contributed by atoms with van der Waals surface area (Å²) < 4.78 is 0. The van der Waals surface area contributed by atoms with Crippen LogP contribution in [-0.4, -0.2) is 14.9 Å². The molecule has 1 aromatic heterocycles. The molecule has 0 radical (unpaired) electrons. The van der Waals surface area contributed by atoms with Gasteiger partial charge in [-0.2, -0.15) is 10.2 Å². The molecule has 6 N–H and O–H groups in total. The maximum absolute atomic E-state index is 12.3. The Morgan fingerprint density at radius 3 is 2.54 bits per heavy atom. The lowest BCUT2D eigenvalue weighted by molar-refractivity contribution is -0.384. The van der Waals surface area contributed by atoms with Crippen LogP contribution in [0.4, 0.5) is 17.5 Å². The summed E-state index contributed by atoms with van der Waals surface area (Å²) in [5, 5.41) is 22.9. The summed E-state index contributed by atoms with van der Waals surface area (Å²) in [5.74, 6) is -0.701. The number of nitro groups is 1. The number of nitrogen functional groups attached to an aromatic ring is 1. The quantitative estimate of drug-likeness (QED) is 0.455.